The SMILES string of the molecule is CCC=CC(=O)N(CCCCCC)C1C=C(C(=O)NCCO)C2c3ccccc3OC2C1O. The summed E-state index contributed by atoms with van der Waals surface area (Å²) >= 11 is 0. The van der Waals surface area contributed by atoms with Crippen LogP contribution in [0.2, 0.25) is 0 Å². The molecular weight excluding hydrogens is 420 g/mol. The molecule has 0 bridgehead atoms. The maximum Gasteiger partial charge on any atom is 0.247 e. The second kappa shape index (κ2) is 12.0. The minimum atomic E-state index is -0.984. The molecule has 1 aliphatic carbocycles. The number of hydrogen-bond donors (Lipinski definition) is 3. The first-order valence-corrected chi connectivity index (χ1v) is 12.0. The number of aliphatic hydroxyl groups excluding tert-OH is 2. The first kappa shape index (κ1) is 25.0. The third-order valence-corrected chi connectivity index (χ3v) is 6.27. The van der Waals surface area contributed by atoms with Gasteiger partial charge in [-0.05, 0) is 31.1 Å². The molecule has 0 fully saturated rings. The van der Waals surface area contributed by atoms with Gasteiger partial charge in [0.25, 0.3) is 0 Å². The van der Waals surface area contributed by atoms with Crippen molar-refractivity contribution in [2.45, 2.75) is 70.1 Å². The smallest absolute Gasteiger partial charge is 0.247 e. The molecule has 1 aliphatic heterocycles. The van der Waals surface area contributed by atoms with Crippen molar-refractivity contribution < 1.29 is 24.5 Å². The van der Waals surface area contributed by atoms with E-state index in [4.69, 9.17) is 4.74 Å². The van der Waals surface area contributed by atoms with E-state index >= 15 is 0 Å². The summed E-state index contributed by atoms with van der Waals surface area (Å²) in [5.41, 5.74) is 1.30. The van der Waals surface area contributed by atoms with Crippen LogP contribution in [0.1, 0.15) is 57.4 Å². The summed E-state index contributed by atoms with van der Waals surface area (Å²) in [5.74, 6) is -0.300. The van der Waals surface area contributed by atoms with Gasteiger partial charge in [-0.1, -0.05) is 57.4 Å². The molecular formula is C26H36N2O5. The van der Waals surface area contributed by atoms with Crippen molar-refractivity contribution in [2.75, 3.05) is 19.7 Å². The van der Waals surface area contributed by atoms with E-state index in [-0.39, 0.29) is 25.0 Å². The number of ether oxygens (including phenoxy) is 1. The van der Waals surface area contributed by atoms with Gasteiger partial charge in [0.2, 0.25) is 11.8 Å². The molecule has 4 unspecified atom stereocenters. The summed E-state index contributed by atoms with van der Waals surface area (Å²) in [6.07, 6.45) is 8.12. The largest absolute Gasteiger partial charge is 0.486 e. The number of fused-ring (bicyclic) bond motifs is 3. The summed E-state index contributed by atoms with van der Waals surface area (Å²) < 4.78 is 6.12. The molecule has 1 heterocycles. The zero-order valence-corrected chi connectivity index (χ0v) is 19.6. The van der Waals surface area contributed by atoms with E-state index in [0.717, 1.165) is 37.7 Å². The lowest BCUT2D eigenvalue weighted by Gasteiger charge is -2.40. The molecule has 0 aromatic heterocycles. The van der Waals surface area contributed by atoms with Gasteiger partial charge in [-0.15, -0.1) is 0 Å². The van der Waals surface area contributed by atoms with E-state index < -0.39 is 24.2 Å². The summed E-state index contributed by atoms with van der Waals surface area (Å²) in [6, 6.07) is 6.78. The van der Waals surface area contributed by atoms with Crippen LogP contribution in [-0.4, -0.2) is 64.9 Å². The van der Waals surface area contributed by atoms with Crippen LogP contribution in [0.3, 0.4) is 0 Å². The molecule has 0 radical (unpaired) electrons. The number of nitrogens with one attached hydrogen (secondary N) is 1. The number of rotatable bonds is 11. The van der Waals surface area contributed by atoms with E-state index in [2.05, 4.69) is 12.2 Å². The third kappa shape index (κ3) is 5.65. The average Bonchev–Trinajstić information content (AvgIpc) is 3.22. The molecule has 33 heavy (non-hydrogen) atoms. The Hall–Kier alpha value is -2.64. The number of amides is 2. The van der Waals surface area contributed by atoms with Crippen molar-refractivity contribution in [1.82, 2.24) is 10.2 Å². The topological polar surface area (TPSA) is 99.1 Å². The molecule has 3 rings (SSSR count). The lowest BCUT2D eigenvalue weighted by molar-refractivity contribution is -0.132. The van der Waals surface area contributed by atoms with E-state index in [1.165, 1.54) is 0 Å². The van der Waals surface area contributed by atoms with E-state index in [1.54, 1.807) is 23.1 Å². The molecule has 1 aromatic carbocycles. The Morgan fingerprint density at radius 2 is 1.97 bits per heavy atom. The maximum absolute atomic E-state index is 13.1. The highest BCUT2D eigenvalue weighted by Crippen LogP contribution is 2.47. The van der Waals surface area contributed by atoms with Crippen molar-refractivity contribution in [2.24, 2.45) is 0 Å². The number of carbonyl (C=O) groups is 2. The molecule has 7 heteroatoms. The van der Waals surface area contributed by atoms with Crippen molar-refractivity contribution >= 4 is 11.8 Å². The third-order valence-electron chi connectivity index (χ3n) is 6.27. The minimum absolute atomic E-state index is 0.127. The monoisotopic (exact) mass is 456 g/mol. The number of aliphatic hydroxyl groups is 2. The summed E-state index contributed by atoms with van der Waals surface area (Å²) in [6.45, 7) is 4.54. The number of para-hydroxylation sites is 1. The van der Waals surface area contributed by atoms with Gasteiger partial charge in [-0.2, -0.15) is 0 Å². The minimum Gasteiger partial charge on any atom is -0.486 e. The number of carbonyl (C=O) groups excluding carboxylic acids is 2. The normalized spacial score (nSPS) is 23.5. The Morgan fingerprint density at radius 3 is 2.70 bits per heavy atom. The standard InChI is InChI=1S/C26H36N2O5/c1-3-5-7-10-15-28(22(30)13-6-4-2)20-17-19(26(32)27-14-16-29)23-18-11-8-9-12-21(18)33-25(23)24(20)31/h6,8-9,11-13,17,20,23-25,29,31H,3-5,7,10,14-16H2,1-2H3,(H,27,32). The Kier molecular flexibility index (Phi) is 9.09. The van der Waals surface area contributed by atoms with Gasteiger partial charge in [0.05, 0.1) is 18.6 Å². The Morgan fingerprint density at radius 1 is 1.18 bits per heavy atom. The number of unbranched alkanes of at least 4 members (excludes halogenated alkanes) is 3. The fourth-order valence-electron chi connectivity index (χ4n) is 4.62. The maximum atomic E-state index is 13.1. The van der Waals surface area contributed by atoms with E-state index in [9.17, 15) is 19.8 Å². The number of hydrogen-bond acceptors (Lipinski definition) is 5. The van der Waals surface area contributed by atoms with Crippen molar-refractivity contribution in [3.8, 4) is 5.75 Å². The molecule has 3 N–H and O–H groups in total. The van der Waals surface area contributed by atoms with Crippen molar-refractivity contribution in [3.05, 3.63) is 53.6 Å². The van der Waals surface area contributed by atoms with Gasteiger partial charge < -0.3 is 25.2 Å². The van der Waals surface area contributed by atoms with Gasteiger partial charge in [-0.3, -0.25) is 9.59 Å². The molecule has 2 amide bonds. The van der Waals surface area contributed by atoms with Crippen LogP contribution in [0.25, 0.3) is 0 Å². The van der Waals surface area contributed by atoms with Crippen molar-refractivity contribution in [1.29, 1.82) is 0 Å². The Labute approximate surface area is 196 Å². The number of allylic oxidation sites excluding steroid dienone is 1. The van der Waals surface area contributed by atoms with Crippen LogP contribution in [0.15, 0.2) is 48.1 Å². The number of benzene rings is 1. The molecule has 1 aromatic rings. The highest BCUT2D eigenvalue weighted by Gasteiger charge is 2.50. The molecule has 0 saturated heterocycles. The zero-order valence-electron chi connectivity index (χ0n) is 19.6. The highest BCUT2D eigenvalue weighted by molar-refractivity contribution is 5.96. The zero-order chi connectivity index (χ0) is 23.8. The van der Waals surface area contributed by atoms with Crippen LogP contribution in [0.5, 0.6) is 5.75 Å². The van der Waals surface area contributed by atoms with Gasteiger partial charge in [0.15, 0.2) is 0 Å². The van der Waals surface area contributed by atoms with Gasteiger partial charge in [0, 0.05) is 24.2 Å². The first-order valence-electron chi connectivity index (χ1n) is 12.0. The summed E-state index contributed by atoms with van der Waals surface area (Å²) in [4.78, 5) is 27.8. The quantitative estimate of drug-likeness (QED) is 0.351. The highest BCUT2D eigenvalue weighted by atomic mass is 16.5. The molecule has 4 atom stereocenters. The van der Waals surface area contributed by atoms with E-state index in [0.29, 0.717) is 17.9 Å². The summed E-state index contributed by atoms with van der Waals surface area (Å²) in [7, 11) is 0. The molecule has 0 saturated carbocycles. The van der Waals surface area contributed by atoms with Gasteiger partial charge in [0.1, 0.15) is 18.0 Å². The lowest BCUT2D eigenvalue weighted by Crippen LogP contribution is -2.55. The van der Waals surface area contributed by atoms with Crippen LogP contribution < -0.4 is 10.1 Å². The molecule has 0 spiro atoms. The van der Waals surface area contributed by atoms with Gasteiger partial charge in [-0.25, -0.2) is 0 Å². The van der Waals surface area contributed by atoms with Crippen LogP contribution in [-0.2, 0) is 9.59 Å². The van der Waals surface area contributed by atoms with Gasteiger partial charge >= 0.3 is 0 Å². The molecule has 180 valence electrons. The predicted octanol–water partition coefficient (Wildman–Crippen LogP) is 2.68. The first-order chi connectivity index (χ1) is 16.0. The fourth-order valence-corrected chi connectivity index (χ4v) is 4.62. The van der Waals surface area contributed by atoms with Crippen LogP contribution in [0, 0.1) is 0 Å². The second-order valence-corrected chi connectivity index (χ2v) is 8.58. The fraction of sp³-hybridized carbons (Fsp3) is 0.538. The van der Waals surface area contributed by atoms with Crippen LogP contribution >= 0.6 is 0 Å². The summed E-state index contributed by atoms with van der Waals surface area (Å²) in [5, 5.41) is 23.3. The van der Waals surface area contributed by atoms with Crippen molar-refractivity contribution in [3.63, 3.8) is 0 Å². The number of nitrogens with zero attached hydrogens (tertiary/aromatic N) is 1. The lowest BCUT2D eigenvalue weighted by atomic mass is 9.77. The Bertz CT molecular complexity index is 881. The van der Waals surface area contributed by atoms with Crippen LogP contribution in [0.4, 0.5) is 0 Å². The second-order valence-electron chi connectivity index (χ2n) is 8.58. The average molecular weight is 457 g/mol. The molecule has 7 nitrogen and oxygen atoms in total. The predicted molar refractivity (Wildman–Crippen MR) is 127 cm³/mol. The molecule has 2 aliphatic rings. The van der Waals surface area contributed by atoms with E-state index in [1.807, 2.05) is 31.2 Å². The Balaban J connectivity index is 1.98.